The van der Waals surface area contributed by atoms with Crippen LogP contribution in [0, 0.1) is 0 Å². The summed E-state index contributed by atoms with van der Waals surface area (Å²) in [6.07, 6.45) is 6.13. The highest BCUT2D eigenvalue weighted by atomic mass is 79.9. The third kappa shape index (κ3) is 3.88. The summed E-state index contributed by atoms with van der Waals surface area (Å²) in [7, 11) is 0. The fraction of sp³-hybridized carbons (Fsp3) is 0.318. The maximum Gasteiger partial charge on any atom is 0.307 e. The number of aliphatic carboxylic acids is 1. The minimum Gasteiger partial charge on any atom is -0.490 e. The number of carbonyl (C=O) groups is 1. The van der Waals surface area contributed by atoms with Crippen LogP contribution in [0.4, 0.5) is 0 Å². The number of fused-ring (bicyclic) bond motifs is 1. The van der Waals surface area contributed by atoms with Crippen LogP contribution in [-0.2, 0) is 11.2 Å². The van der Waals surface area contributed by atoms with Gasteiger partial charge in [0.05, 0.1) is 18.2 Å². The average molecular weight is 428 g/mol. The van der Waals surface area contributed by atoms with Crippen LogP contribution in [0.1, 0.15) is 37.7 Å². The number of nitrogens with one attached hydrogen (secondary N) is 1. The van der Waals surface area contributed by atoms with Gasteiger partial charge in [-0.25, -0.2) is 0 Å². The monoisotopic (exact) mass is 427 g/mol. The van der Waals surface area contributed by atoms with Crippen molar-refractivity contribution in [2.24, 2.45) is 0 Å². The average Bonchev–Trinajstić information content (AvgIpc) is 3.00. The first-order valence-electron chi connectivity index (χ1n) is 9.40. The fourth-order valence-electron chi connectivity index (χ4n) is 3.90. The molecule has 0 bridgehead atoms. The topological polar surface area (TPSA) is 62.3 Å². The molecule has 1 saturated carbocycles. The van der Waals surface area contributed by atoms with Crippen molar-refractivity contribution in [2.75, 3.05) is 0 Å². The van der Waals surface area contributed by atoms with Crippen LogP contribution >= 0.6 is 15.9 Å². The van der Waals surface area contributed by atoms with Gasteiger partial charge in [-0.3, -0.25) is 4.79 Å². The summed E-state index contributed by atoms with van der Waals surface area (Å²) in [6.45, 7) is 0. The van der Waals surface area contributed by atoms with E-state index in [1.54, 1.807) is 0 Å². The Hall–Kier alpha value is -2.27. The molecule has 4 rings (SSSR count). The molecule has 2 aromatic carbocycles. The molecule has 0 saturated heterocycles. The zero-order valence-electron chi connectivity index (χ0n) is 15.0. The Balaban J connectivity index is 1.77. The predicted octanol–water partition coefficient (Wildman–Crippen LogP) is 5.94. The van der Waals surface area contributed by atoms with Gasteiger partial charge in [0.2, 0.25) is 0 Å². The van der Waals surface area contributed by atoms with E-state index in [0.717, 1.165) is 50.8 Å². The molecule has 140 valence electrons. The molecular weight excluding hydrogens is 406 g/mol. The van der Waals surface area contributed by atoms with Gasteiger partial charge < -0.3 is 14.8 Å². The molecule has 4 nitrogen and oxygen atoms in total. The Morgan fingerprint density at radius 3 is 2.67 bits per heavy atom. The van der Waals surface area contributed by atoms with Crippen molar-refractivity contribution < 1.29 is 14.6 Å². The molecule has 0 unspecified atom stereocenters. The third-order valence-corrected chi connectivity index (χ3v) is 5.90. The zero-order chi connectivity index (χ0) is 18.8. The highest BCUT2D eigenvalue weighted by molar-refractivity contribution is 9.10. The van der Waals surface area contributed by atoms with E-state index in [0.29, 0.717) is 0 Å². The maximum atomic E-state index is 11.5. The number of aromatic nitrogens is 1. The molecule has 1 aliphatic rings. The number of carboxylic acid groups (broad SMARTS) is 1. The van der Waals surface area contributed by atoms with Crippen LogP contribution in [0.15, 0.2) is 46.9 Å². The van der Waals surface area contributed by atoms with Gasteiger partial charge in [0.15, 0.2) is 0 Å². The van der Waals surface area contributed by atoms with Gasteiger partial charge in [-0.1, -0.05) is 40.5 Å². The fourth-order valence-corrected chi connectivity index (χ4v) is 4.39. The standard InChI is InChI=1S/C22H22BrNO3/c23-19-9-5-4-8-16(19)22-18(13-21(25)26)17-12-15(10-11-20(17)24-22)27-14-6-2-1-3-7-14/h4-5,8-12,14,24H,1-3,6-7,13H2,(H,25,26). The van der Waals surface area contributed by atoms with E-state index in [4.69, 9.17) is 4.74 Å². The van der Waals surface area contributed by atoms with Crippen LogP contribution < -0.4 is 4.74 Å². The van der Waals surface area contributed by atoms with Crippen LogP contribution in [-0.4, -0.2) is 22.2 Å². The predicted molar refractivity (Wildman–Crippen MR) is 110 cm³/mol. The first-order chi connectivity index (χ1) is 13.1. The lowest BCUT2D eigenvalue weighted by Crippen LogP contribution is -2.19. The number of H-pyrrole nitrogens is 1. The minimum atomic E-state index is -0.845. The quantitative estimate of drug-likeness (QED) is 0.529. The molecule has 0 amide bonds. The van der Waals surface area contributed by atoms with Crippen molar-refractivity contribution >= 4 is 32.8 Å². The largest absolute Gasteiger partial charge is 0.490 e. The second-order valence-corrected chi connectivity index (χ2v) is 7.97. The summed E-state index contributed by atoms with van der Waals surface area (Å²) in [6, 6.07) is 13.8. The van der Waals surface area contributed by atoms with Gasteiger partial charge in [0.25, 0.3) is 0 Å². The van der Waals surface area contributed by atoms with Gasteiger partial charge in [0.1, 0.15) is 5.75 Å². The van der Waals surface area contributed by atoms with Crippen molar-refractivity contribution in [3.05, 3.63) is 52.5 Å². The van der Waals surface area contributed by atoms with Crippen molar-refractivity contribution in [3.8, 4) is 17.0 Å². The molecule has 1 fully saturated rings. The van der Waals surface area contributed by atoms with Gasteiger partial charge in [-0.15, -0.1) is 0 Å². The molecule has 1 heterocycles. The molecule has 1 aliphatic carbocycles. The van der Waals surface area contributed by atoms with Crippen LogP contribution in [0.25, 0.3) is 22.2 Å². The van der Waals surface area contributed by atoms with E-state index < -0.39 is 5.97 Å². The normalized spacial score (nSPS) is 15.1. The van der Waals surface area contributed by atoms with Crippen molar-refractivity contribution in [1.29, 1.82) is 0 Å². The van der Waals surface area contributed by atoms with E-state index in [1.807, 2.05) is 42.5 Å². The van der Waals surface area contributed by atoms with Crippen LogP contribution in [0.2, 0.25) is 0 Å². The minimum absolute atomic E-state index is 0.0381. The third-order valence-electron chi connectivity index (χ3n) is 5.20. The molecule has 5 heteroatoms. The molecule has 27 heavy (non-hydrogen) atoms. The second-order valence-electron chi connectivity index (χ2n) is 7.11. The Morgan fingerprint density at radius 1 is 1.15 bits per heavy atom. The number of ether oxygens (including phenoxy) is 1. The summed E-state index contributed by atoms with van der Waals surface area (Å²) in [5, 5.41) is 10.4. The SMILES string of the molecule is O=C(O)Cc1c(-c2ccccc2Br)[nH]c2ccc(OC3CCCCC3)cc12. The highest BCUT2D eigenvalue weighted by Gasteiger charge is 2.19. The number of rotatable bonds is 5. The lowest BCUT2D eigenvalue weighted by molar-refractivity contribution is -0.136. The van der Waals surface area contributed by atoms with E-state index in [2.05, 4.69) is 20.9 Å². The molecule has 2 N–H and O–H groups in total. The van der Waals surface area contributed by atoms with Crippen molar-refractivity contribution in [1.82, 2.24) is 4.98 Å². The molecule has 0 aliphatic heterocycles. The summed E-state index contributed by atoms with van der Waals surface area (Å²) < 4.78 is 7.12. The van der Waals surface area contributed by atoms with Crippen LogP contribution in [0.3, 0.4) is 0 Å². The summed E-state index contributed by atoms with van der Waals surface area (Å²) in [4.78, 5) is 14.9. The maximum absolute atomic E-state index is 11.5. The lowest BCUT2D eigenvalue weighted by Gasteiger charge is -2.23. The van der Waals surface area contributed by atoms with E-state index in [1.165, 1.54) is 19.3 Å². The molecule has 1 aromatic heterocycles. The first kappa shape index (κ1) is 18.1. The second kappa shape index (κ2) is 7.77. The van der Waals surface area contributed by atoms with Crippen LogP contribution in [0.5, 0.6) is 5.75 Å². The molecular formula is C22H22BrNO3. The van der Waals surface area contributed by atoms with E-state index in [-0.39, 0.29) is 12.5 Å². The first-order valence-corrected chi connectivity index (χ1v) is 10.2. The number of carboxylic acids is 1. The summed E-state index contributed by atoms with van der Waals surface area (Å²) >= 11 is 3.58. The Bertz CT molecular complexity index is 973. The molecule has 3 aromatic rings. The van der Waals surface area contributed by atoms with Gasteiger partial charge in [0, 0.05) is 20.9 Å². The highest BCUT2D eigenvalue weighted by Crippen LogP contribution is 2.36. The van der Waals surface area contributed by atoms with E-state index in [9.17, 15) is 9.90 Å². The van der Waals surface area contributed by atoms with Gasteiger partial charge in [-0.05, 0) is 55.5 Å². The lowest BCUT2D eigenvalue weighted by atomic mass is 9.98. The molecule has 0 radical (unpaired) electrons. The zero-order valence-corrected chi connectivity index (χ0v) is 16.6. The number of benzene rings is 2. The number of hydrogen-bond acceptors (Lipinski definition) is 2. The number of halogens is 1. The summed E-state index contributed by atoms with van der Waals surface area (Å²) in [5.74, 6) is -0.0264. The smallest absolute Gasteiger partial charge is 0.307 e. The Labute approximate surface area is 166 Å². The Kier molecular flexibility index (Phi) is 5.21. The Morgan fingerprint density at radius 2 is 1.93 bits per heavy atom. The van der Waals surface area contributed by atoms with Gasteiger partial charge >= 0.3 is 5.97 Å². The molecule has 0 spiro atoms. The van der Waals surface area contributed by atoms with Crippen molar-refractivity contribution in [3.63, 3.8) is 0 Å². The van der Waals surface area contributed by atoms with Gasteiger partial charge in [-0.2, -0.15) is 0 Å². The summed E-state index contributed by atoms with van der Waals surface area (Å²) in [5.41, 5.74) is 3.51. The van der Waals surface area contributed by atoms with Crippen molar-refractivity contribution in [2.45, 2.75) is 44.6 Å². The molecule has 0 atom stereocenters. The number of aromatic amines is 1. The number of hydrogen-bond donors (Lipinski definition) is 2. The van der Waals surface area contributed by atoms with E-state index >= 15 is 0 Å².